The van der Waals surface area contributed by atoms with E-state index >= 15 is 0 Å². The number of halogens is 4. The van der Waals surface area contributed by atoms with Crippen molar-refractivity contribution in [2.24, 2.45) is 0 Å². The summed E-state index contributed by atoms with van der Waals surface area (Å²) >= 11 is 0. The first kappa shape index (κ1) is 19.4. The number of hydrogen-bond donors (Lipinski definition) is 0. The number of sulfonamides is 1. The minimum atomic E-state index is -4.82. The maximum Gasteiger partial charge on any atom is 0.416 e. The van der Waals surface area contributed by atoms with Gasteiger partial charge >= 0.3 is 12.1 Å². The lowest BCUT2D eigenvalue weighted by Crippen LogP contribution is -2.37. The highest BCUT2D eigenvalue weighted by Gasteiger charge is 2.35. The van der Waals surface area contributed by atoms with Crippen LogP contribution in [0.5, 0.6) is 0 Å². The number of nitrogens with zero attached hydrogens (tertiary/aromatic N) is 1. The molecule has 1 aromatic carbocycles. The third kappa shape index (κ3) is 4.64. The Morgan fingerprint density at radius 3 is 2.39 bits per heavy atom. The molecule has 5 nitrogen and oxygen atoms in total. The van der Waals surface area contributed by atoms with Crippen molar-refractivity contribution >= 4 is 16.0 Å². The molecule has 0 heterocycles. The van der Waals surface area contributed by atoms with Crippen LogP contribution in [0.1, 0.15) is 18.9 Å². The average molecular weight is 357 g/mol. The van der Waals surface area contributed by atoms with Crippen molar-refractivity contribution in [2.45, 2.75) is 24.4 Å². The predicted octanol–water partition coefficient (Wildman–Crippen LogP) is 2.42. The van der Waals surface area contributed by atoms with Crippen LogP contribution < -0.4 is 0 Å². The van der Waals surface area contributed by atoms with Gasteiger partial charge in [-0.05, 0) is 24.6 Å². The molecule has 0 aliphatic heterocycles. The van der Waals surface area contributed by atoms with Crippen molar-refractivity contribution in [2.75, 3.05) is 20.2 Å². The molecule has 0 bridgehead atoms. The van der Waals surface area contributed by atoms with Crippen LogP contribution in [0.3, 0.4) is 0 Å². The molecule has 1 aromatic rings. The van der Waals surface area contributed by atoms with Gasteiger partial charge in [-0.2, -0.15) is 17.5 Å². The summed E-state index contributed by atoms with van der Waals surface area (Å²) in [6.45, 7) is 0.706. The SMILES string of the molecule is CCCN(CC(=O)OC)S(=O)(=O)c1cc(C(F)(F)F)ccc1F. The third-order valence-corrected chi connectivity index (χ3v) is 4.74. The van der Waals surface area contributed by atoms with Crippen LogP contribution >= 0.6 is 0 Å². The number of alkyl halides is 3. The quantitative estimate of drug-likeness (QED) is 0.579. The minimum Gasteiger partial charge on any atom is -0.468 e. The van der Waals surface area contributed by atoms with Crippen LogP contribution in [0.25, 0.3) is 0 Å². The number of esters is 1. The van der Waals surface area contributed by atoms with E-state index in [1.54, 1.807) is 6.92 Å². The summed E-state index contributed by atoms with van der Waals surface area (Å²) in [7, 11) is -3.59. The first-order valence-electron chi connectivity index (χ1n) is 6.47. The van der Waals surface area contributed by atoms with E-state index in [1.165, 1.54) is 0 Å². The molecule has 10 heteroatoms. The van der Waals surface area contributed by atoms with E-state index in [0.29, 0.717) is 16.4 Å². The molecule has 0 unspecified atom stereocenters. The molecule has 23 heavy (non-hydrogen) atoms. The number of ether oxygens (including phenoxy) is 1. The fourth-order valence-corrected chi connectivity index (χ4v) is 3.33. The summed E-state index contributed by atoms with van der Waals surface area (Å²) in [6.07, 6.45) is -4.55. The van der Waals surface area contributed by atoms with Crippen molar-refractivity contribution in [3.05, 3.63) is 29.6 Å². The van der Waals surface area contributed by atoms with Gasteiger partial charge in [-0.25, -0.2) is 12.8 Å². The fraction of sp³-hybridized carbons (Fsp3) is 0.462. The first-order chi connectivity index (χ1) is 10.5. The monoisotopic (exact) mass is 357 g/mol. The van der Waals surface area contributed by atoms with E-state index < -0.39 is 45.0 Å². The fourth-order valence-electron chi connectivity index (χ4n) is 1.76. The van der Waals surface area contributed by atoms with Crippen molar-refractivity contribution < 1.29 is 35.5 Å². The van der Waals surface area contributed by atoms with Gasteiger partial charge in [-0.1, -0.05) is 6.92 Å². The number of hydrogen-bond acceptors (Lipinski definition) is 4. The van der Waals surface area contributed by atoms with Gasteiger partial charge in [0.15, 0.2) is 0 Å². The highest BCUT2D eigenvalue weighted by molar-refractivity contribution is 7.89. The van der Waals surface area contributed by atoms with Crippen LogP contribution in [-0.4, -0.2) is 38.9 Å². The second-order valence-corrected chi connectivity index (χ2v) is 6.46. The summed E-state index contributed by atoms with van der Waals surface area (Å²) in [5.74, 6) is -2.24. The van der Waals surface area contributed by atoms with Crippen LogP contribution in [0.2, 0.25) is 0 Å². The van der Waals surface area contributed by atoms with E-state index in [0.717, 1.165) is 7.11 Å². The molecule has 0 aromatic heterocycles. The Hall–Kier alpha value is -1.68. The van der Waals surface area contributed by atoms with Gasteiger partial charge in [0.1, 0.15) is 17.3 Å². The zero-order valence-electron chi connectivity index (χ0n) is 12.4. The van der Waals surface area contributed by atoms with Crippen LogP contribution in [0.4, 0.5) is 17.6 Å². The lowest BCUT2D eigenvalue weighted by molar-refractivity contribution is -0.141. The standard InChI is InChI=1S/C13H15F4NO4S/c1-3-6-18(8-12(19)22-2)23(20,21)11-7-9(13(15,16)17)4-5-10(11)14/h4-5,7H,3,6,8H2,1-2H3. The Labute approximate surface area is 130 Å². The Morgan fingerprint density at radius 1 is 1.30 bits per heavy atom. The number of rotatable bonds is 6. The van der Waals surface area contributed by atoms with Crippen molar-refractivity contribution in [1.29, 1.82) is 0 Å². The number of benzene rings is 1. The first-order valence-corrected chi connectivity index (χ1v) is 7.91. The third-order valence-electron chi connectivity index (χ3n) is 2.88. The second-order valence-electron chi connectivity index (χ2n) is 4.56. The van der Waals surface area contributed by atoms with E-state index in [-0.39, 0.29) is 19.0 Å². The van der Waals surface area contributed by atoms with E-state index in [2.05, 4.69) is 4.74 Å². The molecule has 0 radical (unpaired) electrons. The maximum atomic E-state index is 13.8. The summed E-state index contributed by atoms with van der Waals surface area (Å²) in [6, 6.07) is 1.08. The molecule has 130 valence electrons. The minimum absolute atomic E-state index is 0.173. The number of carbonyl (C=O) groups is 1. The Balaban J connectivity index is 3.36. The van der Waals surface area contributed by atoms with Gasteiger partial charge in [-0.3, -0.25) is 4.79 Å². The average Bonchev–Trinajstić information content (AvgIpc) is 2.45. The van der Waals surface area contributed by atoms with Crippen LogP contribution in [-0.2, 0) is 25.7 Å². The summed E-state index contributed by atoms with van der Waals surface area (Å²) in [5.41, 5.74) is -1.30. The number of carbonyl (C=O) groups excluding carboxylic acids is 1. The molecule has 0 aliphatic rings. The zero-order chi connectivity index (χ0) is 17.8. The molecular weight excluding hydrogens is 342 g/mol. The molecule has 0 atom stereocenters. The van der Waals surface area contributed by atoms with Gasteiger partial charge < -0.3 is 4.74 Å². The van der Waals surface area contributed by atoms with E-state index in [9.17, 15) is 30.8 Å². The lowest BCUT2D eigenvalue weighted by atomic mass is 10.2. The molecule has 0 aliphatic carbocycles. The lowest BCUT2D eigenvalue weighted by Gasteiger charge is -2.21. The van der Waals surface area contributed by atoms with Crippen molar-refractivity contribution in [3.8, 4) is 0 Å². The molecule has 1 rings (SSSR count). The highest BCUT2D eigenvalue weighted by atomic mass is 32.2. The van der Waals surface area contributed by atoms with Gasteiger partial charge in [0.05, 0.1) is 12.7 Å². The Kier molecular flexibility index (Phi) is 6.11. The highest BCUT2D eigenvalue weighted by Crippen LogP contribution is 2.32. The normalized spacial score (nSPS) is 12.5. The largest absolute Gasteiger partial charge is 0.468 e. The van der Waals surface area contributed by atoms with Crippen molar-refractivity contribution in [1.82, 2.24) is 4.31 Å². The molecule has 0 saturated heterocycles. The topological polar surface area (TPSA) is 63.7 Å². The van der Waals surface area contributed by atoms with Crippen molar-refractivity contribution in [3.63, 3.8) is 0 Å². The maximum absolute atomic E-state index is 13.8. The predicted molar refractivity (Wildman–Crippen MR) is 72.5 cm³/mol. The van der Waals surface area contributed by atoms with Gasteiger partial charge in [0.25, 0.3) is 0 Å². The summed E-state index contributed by atoms with van der Waals surface area (Å²) in [5, 5.41) is 0. The zero-order valence-corrected chi connectivity index (χ0v) is 13.2. The van der Waals surface area contributed by atoms with E-state index in [1.807, 2.05) is 0 Å². The molecule has 0 N–H and O–H groups in total. The second kappa shape index (κ2) is 7.26. The van der Waals surface area contributed by atoms with E-state index in [4.69, 9.17) is 0 Å². The molecule has 0 fully saturated rings. The summed E-state index contributed by atoms with van der Waals surface area (Å²) in [4.78, 5) is 10.1. The Bertz CT molecular complexity index is 673. The molecule has 0 saturated carbocycles. The molecule has 0 spiro atoms. The van der Waals surface area contributed by atoms with Gasteiger partial charge in [-0.15, -0.1) is 0 Å². The molecule has 0 amide bonds. The number of methoxy groups -OCH3 is 1. The van der Waals surface area contributed by atoms with Crippen LogP contribution in [0.15, 0.2) is 23.1 Å². The van der Waals surface area contributed by atoms with Crippen LogP contribution in [0, 0.1) is 5.82 Å². The Morgan fingerprint density at radius 2 is 1.91 bits per heavy atom. The smallest absolute Gasteiger partial charge is 0.416 e. The summed E-state index contributed by atoms with van der Waals surface area (Å²) < 4.78 is 81.6. The van der Waals surface area contributed by atoms with Gasteiger partial charge in [0, 0.05) is 6.54 Å². The van der Waals surface area contributed by atoms with Gasteiger partial charge in [0.2, 0.25) is 10.0 Å². The molecular formula is C13H15F4NO4S.